The highest BCUT2D eigenvalue weighted by Crippen LogP contribution is 2.12. The number of esters is 1. The van der Waals surface area contributed by atoms with Crippen molar-refractivity contribution in [3.8, 4) is 0 Å². The van der Waals surface area contributed by atoms with Crippen LogP contribution in [0.5, 0.6) is 0 Å². The normalized spacial score (nSPS) is 10.8. The first-order valence-corrected chi connectivity index (χ1v) is 9.46. The highest BCUT2D eigenvalue weighted by atomic mass is 16.5. The van der Waals surface area contributed by atoms with Crippen molar-refractivity contribution in [1.29, 1.82) is 0 Å². The largest absolute Gasteiger partial charge is 0.466 e. The molecule has 0 atom stereocenters. The molecule has 0 amide bonds. The van der Waals surface area contributed by atoms with E-state index in [0.717, 1.165) is 19.3 Å². The number of hydrogen-bond donors (Lipinski definition) is 0. The average molecular weight is 299 g/mol. The van der Waals surface area contributed by atoms with Crippen molar-refractivity contribution in [1.82, 2.24) is 0 Å². The van der Waals surface area contributed by atoms with Crippen LogP contribution in [0.1, 0.15) is 110 Å². The molecule has 0 heterocycles. The summed E-state index contributed by atoms with van der Waals surface area (Å²) < 4.78 is 5.14. The molecule has 0 aliphatic rings. The Labute approximate surface area is 133 Å². The smallest absolute Gasteiger partial charge is 0.305 e. The predicted octanol–water partition coefficient (Wildman–Crippen LogP) is 6.42. The lowest BCUT2D eigenvalue weighted by molar-refractivity contribution is -0.143. The average Bonchev–Trinajstić information content (AvgIpc) is 2.48. The summed E-state index contributed by atoms with van der Waals surface area (Å²) in [6.45, 7) is 4.98. The second-order valence-electron chi connectivity index (χ2n) is 6.21. The number of ether oxygens (including phenoxy) is 1. The molecule has 21 heavy (non-hydrogen) atoms. The van der Waals surface area contributed by atoms with E-state index in [1.807, 2.05) is 0 Å². The Morgan fingerprint density at radius 3 is 1.52 bits per heavy atom. The minimum Gasteiger partial charge on any atom is -0.466 e. The Kier molecular flexibility index (Phi) is 17.1. The van der Waals surface area contributed by atoms with E-state index in [1.54, 1.807) is 0 Å². The number of unbranched alkanes of at least 4 members (excludes halogenated alkanes) is 12. The maximum Gasteiger partial charge on any atom is 0.305 e. The molecule has 0 aliphatic heterocycles. The van der Waals surface area contributed by atoms with Crippen LogP contribution in [0.2, 0.25) is 0 Å². The molecule has 0 unspecified atom stereocenters. The van der Waals surface area contributed by atoms with Gasteiger partial charge in [0.25, 0.3) is 0 Å². The van der Waals surface area contributed by atoms with Gasteiger partial charge in [0.2, 0.25) is 0 Å². The Bertz CT molecular complexity index is 214. The van der Waals surface area contributed by atoms with E-state index in [2.05, 4.69) is 13.8 Å². The summed E-state index contributed by atoms with van der Waals surface area (Å²) in [5, 5.41) is 0. The first kappa shape index (κ1) is 20.5. The van der Waals surface area contributed by atoms with Crippen molar-refractivity contribution in [2.75, 3.05) is 6.61 Å². The molecule has 0 bridgehead atoms. The number of carbonyl (C=O) groups excluding carboxylic acids is 1. The summed E-state index contributed by atoms with van der Waals surface area (Å²) in [6.07, 6.45) is 18.7. The molecule has 0 saturated carbocycles. The summed E-state index contributed by atoms with van der Waals surface area (Å²) in [5.41, 5.74) is 0. The minimum absolute atomic E-state index is 0.00414. The molecule has 126 valence electrons. The van der Waals surface area contributed by atoms with E-state index in [4.69, 9.17) is 4.74 Å². The molecular formula is C19H38O2. The predicted molar refractivity (Wildman–Crippen MR) is 91.6 cm³/mol. The van der Waals surface area contributed by atoms with Crippen LogP contribution in [0.25, 0.3) is 0 Å². The van der Waals surface area contributed by atoms with Crippen molar-refractivity contribution >= 4 is 5.97 Å². The van der Waals surface area contributed by atoms with Gasteiger partial charge < -0.3 is 4.74 Å². The van der Waals surface area contributed by atoms with Crippen molar-refractivity contribution in [3.05, 3.63) is 0 Å². The monoisotopic (exact) mass is 298 g/mol. The van der Waals surface area contributed by atoms with Gasteiger partial charge in [-0.1, -0.05) is 90.9 Å². The standard InChI is InChI=1S/C19H38O2/c1-3-5-7-8-9-10-11-12-13-14-15-16-17-19(20)21-18-6-4-2/h3-18H2,1-2H3. The van der Waals surface area contributed by atoms with E-state index < -0.39 is 0 Å². The summed E-state index contributed by atoms with van der Waals surface area (Å²) in [4.78, 5) is 11.4. The molecule has 0 saturated heterocycles. The fourth-order valence-corrected chi connectivity index (χ4v) is 2.51. The molecule has 0 aromatic rings. The first-order valence-electron chi connectivity index (χ1n) is 9.46. The molecular weight excluding hydrogens is 260 g/mol. The van der Waals surface area contributed by atoms with Gasteiger partial charge in [-0.15, -0.1) is 0 Å². The zero-order valence-electron chi connectivity index (χ0n) is 14.6. The van der Waals surface area contributed by atoms with E-state index in [1.165, 1.54) is 70.6 Å². The SMILES string of the molecule is CCCCCCCCCCCCCCC(=O)OCCCC. The number of rotatable bonds is 16. The van der Waals surface area contributed by atoms with Crippen molar-refractivity contribution < 1.29 is 9.53 Å². The summed E-state index contributed by atoms with van der Waals surface area (Å²) in [6, 6.07) is 0. The molecule has 2 nitrogen and oxygen atoms in total. The van der Waals surface area contributed by atoms with Crippen LogP contribution in [-0.2, 0) is 9.53 Å². The Morgan fingerprint density at radius 1 is 0.619 bits per heavy atom. The van der Waals surface area contributed by atoms with Crippen LogP contribution in [0.4, 0.5) is 0 Å². The lowest BCUT2D eigenvalue weighted by Crippen LogP contribution is -2.05. The van der Waals surface area contributed by atoms with E-state index in [0.29, 0.717) is 13.0 Å². The first-order chi connectivity index (χ1) is 10.3. The van der Waals surface area contributed by atoms with Crippen LogP contribution in [0.15, 0.2) is 0 Å². The van der Waals surface area contributed by atoms with E-state index in [-0.39, 0.29) is 5.97 Å². The van der Waals surface area contributed by atoms with Gasteiger partial charge in [-0.2, -0.15) is 0 Å². The van der Waals surface area contributed by atoms with Crippen molar-refractivity contribution in [2.45, 2.75) is 110 Å². The van der Waals surface area contributed by atoms with Gasteiger partial charge in [-0.3, -0.25) is 4.79 Å². The maximum atomic E-state index is 11.4. The van der Waals surface area contributed by atoms with Gasteiger partial charge in [0.15, 0.2) is 0 Å². The summed E-state index contributed by atoms with van der Waals surface area (Å²) in [7, 11) is 0. The number of hydrogen-bond acceptors (Lipinski definition) is 2. The highest BCUT2D eigenvalue weighted by molar-refractivity contribution is 5.69. The lowest BCUT2D eigenvalue weighted by atomic mass is 10.0. The third kappa shape index (κ3) is 17.4. The Morgan fingerprint density at radius 2 is 1.05 bits per heavy atom. The second-order valence-corrected chi connectivity index (χ2v) is 6.21. The molecule has 0 radical (unpaired) electrons. The molecule has 2 heteroatoms. The molecule has 0 spiro atoms. The van der Waals surface area contributed by atoms with Gasteiger partial charge in [-0.05, 0) is 12.8 Å². The molecule has 0 aromatic heterocycles. The third-order valence-corrected chi connectivity index (χ3v) is 4.00. The second kappa shape index (κ2) is 17.5. The third-order valence-electron chi connectivity index (χ3n) is 4.00. The van der Waals surface area contributed by atoms with Gasteiger partial charge >= 0.3 is 5.97 Å². The van der Waals surface area contributed by atoms with Crippen molar-refractivity contribution in [2.24, 2.45) is 0 Å². The molecule has 0 rings (SSSR count). The topological polar surface area (TPSA) is 26.3 Å². The quantitative estimate of drug-likeness (QED) is 0.243. The minimum atomic E-state index is -0.00414. The Balaban J connectivity index is 3.06. The van der Waals surface area contributed by atoms with Gasteiger partial charge in [0.1, 0.15) is 0 Å². The van der Waals surface area contributed by atoms with Gasteiger partial charge in [-0.25, -0.2) is 0 Å². The van der Waals surface area contributed by atoms with Crippen LogP contribution >= 0.6 is 0 Å². The van der Waals surface area contributed by atoms with Crippen molar-refractivity contribution in [3.63, 3.8) is 0 Å². The Hall–Kier alpha value is -0.530. The zero-order valence-corrected chi connectivity index (χ0v) is 14.6. The summed E-state index contributed by atoms with van der Waals surface area (Å²) >= 11 is 0. The fourth-order valence-electron chi connectivity index (χ4n) is 2.51. The lowest BCUT2D eigenvalue weighted by Gasteiger charge is -2.04. The maximum absolute atomic E-state index is 11.4. The molecule has 0 aromatic carbocycles. The molecule has 0 N–H and O–H groups in total. The molecule has 0 aliphatic carbocycles. The number of carbonyl (C=O) groups is 1. The molecule has 0 fully saturated rings. The van der Waals surface area contributed by atoms with Gasteiger partial charge in [0.05, 0.1) is 6.61 Å². The van der Waals surface area contributed by atoms with Crippen LogP contribution < -0.4 is 0 Å². The fraction of sp³-hybridized carbons (Fsp3) is 0.947. The van der Waals surface area contributed by atoms with E-state index in [9.17, 15) is 4.79 Å². The van der Waals surface area contributed by atoms with Crippen LogP contribution in [-0.4, -0.2) is 12.6 Å². The summed E-state index contributed by atoms with van der Waals surface area (Å²) in [5.74, 6) is -0.00414. The van der Waals surface area contributed by atoms with Gasteiger partial charge in [0, 0.05) is 6.42 Å². The highest BCUT2D eigenvalue weighted by Gasteiger charge is 2.01. The van der Waals surface area contributed by atoms with E-state index >= 15 is 0 Å². The zero-order chi connectivity index (χ0) is 15.6. The van der Waals surface area contributed by atoms with Crippen LogP contribution in [0.3, 0.4) is 0 Å². The van der Waals surface area contributed by atoms with Crippen LogP contribution in [0, 0.1) is 0 Å².